The molecule has 88 valence electrons. The van der Waals surface area contributed by atoms with Gasteiger partial charge < -0.3 is 10.8 Å². The van der Waals surface area contributed by atoms with Gasteiger partial charge in [-0.15, -0.1) is 0 Å². The Hall–Kier alpha value is -1.49. The molecular formula is C11H13F2NO2. The zero-order valence-electron chi connectivity index (χ0n) is 8.84. The van der Waals surface area contributed by atoms with Crippen LogP contribution in [0.2, 0.25) is 0 Å². The maximum absolute atomic E-state index is 13.6. The minimum absolute atomic E-state index is 0.0942. The molecule has 0 spiro atoms. The highest BCUT2D eigenvalue weighted by molar-refractivity contribution is 5.66. The summed E-state index contributed by atoms with van der Waals surface area (Å²) in [6.07, 6.45) is -0.0195. The molecular weight excluding hydrogens is 216 g/mol. The fourth-order valence-electron chi connectivity index (χ4n) is 1.40. The summed E-state index contributed by atoms with van der Waals surface area (Å²) in [6, 6.07) is 1.66. The molecule has 0 heterocycles. The fourth-order valence-corrected chi connectivity index (χ4v) is 1.40. The molecule has 1 rings (SSSR count). The molecule has 16 heavy (non-hydrogen) atoms. The summed E-state index contributed by atoms with van der Waals surface area (Å²) >= 11 is 0. The highest BCUT2D eigenvalue weighted by Gasteiger charge is 2.16. The molecule has 0 saturated carbocycles. The summed E-state index contributed by atoms with van der Waals surface area (Å²) in [5.41, 5.74) is 5.70. The van der Waals surface area contributed by atoms with E-state index < -0.39 is 23.6 Å². The lowest BCUT2D eigenvalue weighted by atomic mass is 10.00. The van der Waals surface area contributed by atoms with Crippen molar-refractivity contribution in [3.63, 3.8) is 0 Å². The highest BCUT2D eigenvalue weighted by Crippen LogP contribution is 2.23. The number of nitrogens with two attached hydrogens (primary N) is 1. The van der Waals surface area contributed by atoms with Crippen molar-refractivity contribution in [3.8, 4) is 0 Å². The van der Waals surface area contributed by atoms with Crippen LogP contribution in [-0.4, -0.2) is 11.1 Å². The molecule has 1 aromatic rings. The van der Waals surface area contributed by atoms with Crippen molar-refractivity contribution in [1.82, 2.24) is 0 Å². The van der Waals surface area contributed by atoms with Gasteiger partial charge in [-0.05, 0) is 19.4 Å². The zero-order chi connectivity index (χ0) is 12.3. The van der Waals surface area contributed by atoms with Crippen LogP contribution < -0.4 is 5.73 Å². The summed E-state index contributed by atoms with van der Waals surface area (Å²) in [6.45, 7) is 1.32. The van der Waals surface area contributed by atoms with Crippen molar-refractivity contribution < 1.29 is 18.7 Å². The number of rotatable bonds is 4. The van der Waals surface area contributed by atoms with Gasteiger partial charge in [0.2, 0.25) is 0 Å². The second-order valence-electron chi connectivity index (χ2n) is 3.61. The summed E-state index contributed by atoms with van der Waals surface area (Å²) in [5, 5.41) is 8.47. The van der Waals surface area contributed by atoms with E-state index in [1.54, 1.807) is 0 Å². The van der Waals surface area contributed by atoms with Crippen LogP contribution in [0, 0.1) is 18.6 Å². The summed E-state index contributed by atoms with van der Waals surface area (Å²) in [5.74, 6) is -2.32. The first-order chi connectivity index (χ1) is 7.43. The molecule has 3 N–H and O–H groups in total. The molecule has 3 nitrogen and oxygen atoms in total. The third-order valence-corrected chi connectivity index (χ3v) is 2.42. The Balaban J connectivity index is 2.87. The minimum atomic E-state index is -0.991. The minimum Gasteiger partial charge on any atom is -0.481 e. The molecule has 0 fully saturated rings. The van der Waals surface area contributed by atoms with Crippen LogP contribution in [-0.2, 0) is 4.79 Å². The van der Waals surface area contributed by atoms with Crippen molar-refractivity contribution in [2.45, 2.75) is 25.8 Å². The average molecular weight is 229 g/mol. The van der Waals surface area contributed by atoms with Gasteiger partial charge in [-0.1, -0.05) is 6.07 Å². The van der Waals surface area contributed by atoms with Gasteiger partial charge in [-0.2, -0.15) is 0 Å². The van der Waals surface area contributed by atoms with Crippen LogP contribution in [0.15, 0.2) is 12.1 Å². The van der Waals surface area contributed by atoms with Gasteiger partial charge in [0.05, 0.1) is 0 Å². The summed E-state index contributed by atoms with van der Waals surface area (Å²) < 4.78 is 26.5. The number of carbonyl (C=O) groups is 1. The predicted molar refractivity (Wildman–Crippen MR) is 54.9 cm³/mol. The van der Waals surface area contributed by atoms with E-state index in [0.29, 0.717) is 0 Å². The summed E-state index contributed by atoms with van der Waals surface area (Å²) in [7, 11) is 0. The normalized spacial score (nSPS) is 12.5. The van der Waals surface area contributed by atoms with Crippen LogP contribution in [0.4, 0.5) is 8.78 Å². The molecule has 0 amide bonds. The van der Waals surface area contributed by atoms with E-state index in [1.807, 2.05) is 0 Å². The van der Waals surface area contributed by atoms with Crippen LogP contribution in [0.1, 0.15) is 30.0 Å². The Morgan fingerprint density at radius 3 is 2.69 bits per heavy atom. The molecule has 0 aliphatic heterocycles. The molecule has 0 radical (unpaired) electrons. The maximum atomic E-state index is 13.6. The largest absolute Gasteiger partial charge is 0.481 e. The van der Waals surface area contributed by atoms with E-state index in [4.69, 9.17) is 10.8 Å². The number of hydrogen-bond donors (Lipinski definition) is 2. The second-order valence-corrected chi connectivity index (χ2v) is 3.61. The van der Waals surface area contributed by atoms with Gasteiger partial charge in [0, 0.05) is 23.6 Å². The second kappa shape index (κ2) is 5.03. The first kappa shape index (κ1) is 12.6. The first-order valence-corrected chi connectivity index (χ1v) is 4.85. The van der Waals surface area contributed by atoms with Crippen molar-refractivity contribution in [2.75, 3.05) is 0 Å². The van der Waals surface area contributed by atoms with Crippen LogP contribution in [0.25, 0.3) is 0 Å². The Kier molecular flexibility index (Phi) is 3.95. The van der Waals surface area contributed by atoms with E-state index in [0.717, 1.165) is 6.07 Å². The lowest BCUT2D eigenvalue weighted by Gasteiger charge is -2.13. The van der Waals surface area contributed by atoms with Crippen LogP contribution >= 0.6 is 0 Å². The maximum Gasteiger partial charge on any atom is 0.303 e. The smallest absolute Gasteiger partial charge is 0.303 e. The van der Waals surface area contributed by atoms with E-state index in [1.165, 1.54) is 13.0 Å². The zero-order valence-corrected chi connectivity index (χ0v) is 8.84. The molecule has 0 bridgehead atoms. The first-order valence-electron chi connectivity index (χ1n) is 4.85. The van der Waals surface area contributed by atoms with E-state index >= 15 is 0 Å². The molecule has 1 atom stereocenters. The molecule has 0 aromatic heterocycles. The number of benzene rings is 1. The number of hydrogen-bond acceptors (Lipinski definition) is 2. The third kappa shape index (κ3) is 2.76. The standard InChI is InChI=1S/C11H13F2NO2/c1-6-8(12)3-2-7(11(6)13)9(14)4-5-10(15)16/h2-3,9H,4-5,14H2,1H3,(H,15,16). The topological polar surface area (TPSA) is 63.3 Å². The van der Waals surface area contributed by atoms with Gasteiger partial charge in [0.25, 0.3) is 0 Å². The number of halogens is 2. The SMILES string of the molecule is Cc1c(F)ccc(C(N)CCC(=O)O)c1F. The number of aliphatic carboxylic acids is 1. The number of carboxylic acid groups (broad SMARTS) is 1. The monoisotopic (exact) mass is 229 g/mol. The molecule has 0 saturated heterocycles. The van der Waals surface area contributed by atoms with Gasteiger partial charge in [0.1, 0.15) is 11.6 Å². The van der Waals surface area contributed by atoms with Gasteiger partial charge in [0.15, 0.2) is 0 Å². The lowest BCUT2D eigenvalue weighted by molar-refractivity contribution is -0.137. The third-order valence-electron chi connectivity index (χ3n) is 2.42. The fraction of sp³-hybridized carbons (Fsp3) is 0.364. The Labute approximate surface area is 91.9 Å². The van der Waals surface area contributed by atoms with Gasteiger partial charge in [-0.3, -0.25) is 4.79 Å². The predicted octanol–water partition coefficient (Wildman–Crippen LogP) is 2.14. The van der Waals surface area contributed by atoms with E-state index in [2.05, 4.69) is 0 Å². The highest BCUT2D eigenvalue weighted by atomic mass is 19.1. The molecule has 5 heteroatoms. The summed E-state index contributed by atoms with van der Waals surface area (Å²) in [4.78, 5) is 10.3. The molecule has 0 aliphatic rings. The van der Waals surface area contributed by atoms with Crippen molar-refractivity contribution in [3.05, 3.63) is 34.9 Å². The average Bonchev–Trinajstić information content (AvgIpc) is 2.23. The quantitative estimate of drug-likeness (QED) is 0.831. The number of carboxylic acids is 1. The van der Waals surface area contributed by atoms with Crippen LogP contribution in [0.3, 0.4) is 0 Å². The Bertz CT molecular complexity index is 407. The van der Waals surface area contributed by atoms with Crippen molar-refractivity contribution >= 4 is 5.97 Å². The molecule has 0 aliphatic carbocycles. The van der Waals surface area contributed by atoms with Crippen molar-refractivity contribution in [1.29, 1.82) is 0 Å². The Morgan fingerprint density at radius 2 is 2.12 bits per heavy atom. The van der Waals surface area contributed by atoms with E-state index in [9.17, 15) is 13.6 Å². The van der Waals surface area contributed by atoms with Crippen molar-refractivity contribution in [2.24, 2.45) is 5.73 Å². The molecule has 1 aromatic carbocycles. The molecule has 1 unspecified atom stereocenters. The Morgan fingerprint density at radius 1 is 1.50 bits per heavy atom. The van der Waals surface area contributed by atoms with Crippen LogP contribution in [0.5, 0.6) is 0 Å². The van der Waals surface area contributed by atoms with Gasteiger partial charge >= 0.3 is 5.97 Å². The lowest BCUT2D eigenvalue weighted by Crippen LogP contribution is -2.14. The van der Waals surface area contributed by atoms with E-state index in [-0.39, 0.29) is 24.0 Å². The van der Waals surface area contributed by atoms with Gasteiger partial charge in [-0.25, -0.2) is 8.78 Å².